The Kier molecular flexibility index (Phi) is 2.60. The molecule has 0 aliphatic rings. The van der Waals surface area contributed by atoms with E-state index in [2.05, 4.69) is 46.2 Å². The number of tetrazole rings is 2. The summed E-state index contributed by atoms with van der Waals surface area (Å²) in [6.45, 7) is 0. The number of fused-ring (bicyclic) bond motifs is 1. The molecule has 4 heterocycles. The molecule has 0 amide bonds. The molecule has 21 heavy (non-hydrogen) atoms. The van der Waals surface area contributed by atoms with Gasteiger partial charge < -0.3 is 0 Å². The van der Waals surface area contributed by atoms with Crippen molar-refractivity contribution in [2.45, 2.75) is 6.42 Å². The van der Waals surface area contributed by atoms with Crippen molar-refractivity contribution in [3.8, 4) is 11.5 Å². The Balaban J connectivity index is 1.95. The third kappa shape index (κ3) is 1.92. The predicted molar refractivity (Wildman–Crippen MR) is 70.4 cm³/mol. The fraction of sp³-hybridized carbons (Fsp3) is 0.100. The molecule has 0 fully saturated rings. The molecule has 0 spiro atoms. The highest BCUT2D eigenvalue weighted by molar-refractivity contribution is 6.31. The van der Waals surface area contributed by atoms with Crippen LogP contribution in [0.1, 0.15) is 11.5 Å². The number of pyridine rings is 1. The largest absolute Gasteiger partial charge is 0.292 e. The van der Waals surface area contributed by atoms with Gasteiger partial charge in [0, 0.05) is 0 Å². The van der Waals surface area contributed by atoms with Crippen molar-refractivity contribution in [1.29, 1.82) is 0 Å². The summed E-state index contributed by atoms with van der Waals surface area (Å²) in [5.41, 5.74) is 2.17. The summed E-state index contributed by atoms with van der Waals surface area (Å²) in [5, 5.41) is 28.4. The van der Waals surface area contributed by atoms with E-state index >= 15 is 0 Å². The van der Waals surface area contributed by atoms with Crippen molar-refractivity contribution in [2.75, 3.05) is 0 Å². The summed E-state index contributed by atoms with van der Waals surface area (Å²) in [6, 6.07) is 3.59. The summed E-state index contributed by atoms with van der Waals surface area (Å²) in [5.74, 6) is 0.955. The molecule has 11 heteroatoms. The summed E-state index contributed by atoms with van der Waals surface area (Å²) in [4.78, 5) is 4.32. The maximum absolute atomic E-state index is 6.31. The monoisotopic (exact) mass is 302 g/mol. The van der Waals surface area contributed by atoms with Gasteiger partial charge >= 0.3 is 0 Å². The van der Waals surface area contributed by atoms with Crippen LogP contribution in [0, 0.1) is 0 Å². The number of nitrogens with zero attached hydrogens (tertiary/aromatic N) is 8. The van der Waals surface area contributed by atoms with Crippen LogP contribution in [-0.4, -0.2) is 50.6 Å². The summed E-state index contributed by atoms with van der Waals surface area (Å²) in [6.07, 6.45) is 2.06. The SMILES string of the molecule is Clc1ccc2ncc(-c3nn[nH]n3)n2c1Cc1nn[nH]n1. The van der Waals surface area contributed by atoms with Crippen LogP contribution < -0.4 is 0 Å². The van der Waals surface area contributed by atoms with E-state index in [4.69, 9.17) is 11.6 Å². The number of hydrogen-bond donors (Lipinski definition) is 2. The topological polar surface area (TPSA) is 126 Å². The average molecular weight is 303 g/mol. The number of H-pyrrole nitrogens is 2. The zero-order chi connectivity index (χ0) is 14.2. The second-order valence-corrected chi connectivity index (χ2v) is 4.61. The molecule has 0 atom stereocenters. The molecule has 0 saturated carbocycles. The van der Waals surface area contributed by atoms with E-state index in [-0.39, 0.29) is 0 Å². The predicted octanol–water partition coefficient (Wildman–Crippen LogP) is 0.272. The number of nitrogens with one attached hydrogen (secondary N) is 2. The van der Waals surface area contributed by atoms with Crippen LogP contribution in [0.4, 0.5) is 0 Å². The molecule has 0 aliphatic carbocycles. The Labute approximate surface area is 121 Å². The number of imidazole rings is 1. The number of halogens is 1. The van der Waals surface area contributed by atoms with Gasteiger partial charge in [0.2, 0.25) is 5.82 Å². The minimum atomic E-state index is 0.397. The molecule has 104 valence electrons. The second-order valence-electron chi connectivity index (χ2n) is 4.21. The molecule has 4 aromatic rings. The van der Waals surface area contributed by atoms with Crippen molar-refractivity contribution in [2.24, 2.45) is 0 Å². The minimum Gasteiger partial charge on any atom is -0.292 e. The Morgan fingerprint density at radius 1 is 1.10 bits per heavy atom. The van der Waals surface area contributed by atoms with Crippen LogP contribution >= 0.6 is 11.6 Å². The lowest BCUT2D eigenvalue weighted by molar-refractivity contribution is 0.881. The van der Waals surface area contributed by atoms with Gasteiger partial charge in [-0.3, -0.25) is 4.40 Å². The summed E-state index contributed by atoms with van der Waals surface area (Å²) < 4.78 is 1.85. The van der Waals surface area contributed by atoms with Crippen molar-refractivity contribution in [3.63, 3.8) is 0 Å². The highest BCUT2D eigenvalue weighted by Gasteiger charge is 2.16. The molecular weight excluding hydrogens is 296 g/mol. The number of aromatic amines is 2. The van der Waals surface area contributed by atoms with Gasteiger partial charge in [-0.15, -0.1) is 20.4 Å². The van der Waals surface area contributed by atoms with Gasteiger partial charge in [-0.1, -0.05) is 16.8 Å². The lowest BCUT2D eigenvalue weighted by atomic mass is 10.2. The molecule has 0 bridgehead atoms. The molecular formula is C10H7ClN10. The molecule has 10 nitrogen and oxygen atoms in total. The van der Waals surface area contributed by atoms with Gasteiger partial charge in [0.25, 0.3) is 0 Å². The first-order valence-electron chi connectivity index (χ1n) is 5.94. The van der Waals surface area contributed by atoms with Crippen LogP contribution in [0.15, 0.2) is 18.3 Å². The second kappa shape index (κ2) is 4.59. The molecule has 0 unspecified atom stereocenters. The zero-order valence-electron chi connectivity index (χ0n) is 10.4. The van der Waals surface area contributed by atoms with E-state index < -0.39 is 0 Å². The molecule has 2 N–H and O–H groups in total. The number of aromatic nitrogens is 10. The number of rotatable bonds is 3. The van der Waals surface area contributed by atoms with E-state index in [1.807, 2.05) is 10.5 Å². The van der Waals surface area contributed by atoms with Gasteiger partial charge in [0.05, 0.1) is 23.3 Å². The maximum atomic E-state index is 6.31. The minimum absolute atomic E-state index is 0.397. The van der Waals surface area contributed by atoms with E-state index in [0.29, 0.717) is 28.8 Å². The van der Waals surface area contributed by atoms with Crippen molar-refractivity contribution in [1.82, 2.24) is 50.6 Å². The van der Waals surface area contributed by atoms with E-state index in [0.717, 1.165) is 11.3 Å². The summed E-state index contributed by atoms with van der Waals surface area (Å²) in [7, 11) is 0. The van der Waals surface area contributed by atoms with Crippen LogP contribution in [0.5, 0.6) is 0 Å². The fourth-order valence-corrected chi connectivity index (χ4v) is 2.33. The van der Waals surface area contributed by atoms with Gasteiger partial charge in [0.1, 0.15) is 11.3 Å². The van der Waals surface area contributed by atoms with Crippen LogP contribution in [-0.2, 0) is 6.42 Å². The van der Waals surface area contributed by atoms with Crippen LogP contribution in [0.2, 0.25) is 5.02 Å². The van der Waals surface area contributed by atoms with Crippen LogP contribution in [0.3, 0.4) is 0 Å². The van der Waals surface area contributed by atoms with Crippen LogP contribution in [0.25, 0.3) is 17.2 Å². The average Bonchev–Trinajstić information content (AvgIpc) is 3.20. The highest BCUT2D eigenvalue weighted by Crippen LogP contribution is 2.25. The van der Waals surface area contributed by atoms with Crippen molar-refractivity contribution < 1.29 is 0 Å². The molecule has 0 aliphatic heterocycles. The van der Waals surface area contributed by atoms with E-state index in [1.165, 1.54) is 0 Å². The number of hydrogen-bond acceptors (Lipinski definition) is 7. The first-order chi connectivity index (χ1) is 10.3. The van der Waals surface area contributed by atoms with E-state index in [9.17, 15) is 0 Å². The first kappa shape index (κ1) is 11.9. The summed E-state index contributed by atoms with van der Waals surface area (Å²) >= 11 is 6.31. The van der Waals surface area contributed by atoms with Gasteiger partial charge in [-0.25, -0.2) is 4.98 Å². The molecule has 0 radical (unpaired) electrons. The quantitative estimate of drug-likeness (QED) is 0.556. The van der Waals surface area contributed by atoms with E-state index in [1.54, 1.807) is 12.3 Å². The fourth-order valence-electron chi connectivity index (χ4n) is 2.12. The third-order valence-corrected chi connectivity index (χ3v) is 3.35. The maximum Gasteiger partial charge on any atom is 0.223 e. The van der Waals surface area contributed by atoms with Crippen molar-refractivity contribution >= 4 is 17.2 Å². The Bertz CT molecular complexity index is 878. The Hall–Kier alpha value is -2.88. The molecule has 0 aromatic carbocycles. The molecule has 0 saturated heterocycles. The smallest absolute Gasteiger partial charge is 0.223 e. The highest BCUT2D eigenvalue weighted by atomic mass is 35.5. The molecule has 4 aromatic heterocycles. The van der Waals surface area contributed by atoms with Gasteiger partial charge in [-0.05, 0) is 17.3 Å². The lowest BCUT2D eigenvalue weighted by Crippen LogP contribution is -2.03. The molecule has 4 rings (SSSR count). The lowest BCUT2D eigenvalue weighted by Gasteiger charge is -2.07. The first-order valence-corrected chi connectivity index (χ1v) is 6.31. The third-order valence-electron chi connectivity index (χ3n) is 3.00. The van der Waals surface area contributed by atoms with Gasteiger partial charge in [-0.2, -0.15) is 10.4 Å². The van der Waals surface area contributed by atoms with Crippen molar-refractivity contribution in [3.05, 3.63) is 34.9 Å². The standard InChI is InChI=1S/C10H7ClN10/c11-5-1-2-9-12-4-7(10-15-19-20-16-10)21(9)6(5)3-8-13-17-18-14-8/h1-2,4H,3H2,(H,13,14,17,18)(H,15,16,19,20). The Morgan fingerprint density at radius 3 is 2.71 bits per heavy atom. The Morgan fingerprint density at radius 2 is 1.95 bits per heavy atom. The van der Waals surface area contributed by atoms with Gasteiger partial charge in [0.15, 0.2) is 5.82 Å². The normalized spacial score (nSPS) is 11.3. The zero-order valence-corrected chi connectivity index (χ0v) is 11.2.